The fourth-order valence-electron chi connectivity index (χ4n) is 1.23. The molecule has 0 fully saturated rings. The third-order valence-corrected chi connectivity index (χ3v) is 1.80. The van der Waals surface area contributed by atoms with Gasteiger partial charge in [0.15, 0.2) is 0 Å². The van der Waals surface area contributed by atoms with Crippen LogP contribution in [0.25, 0.3) is 0 Å². The normalized spacial score (nSPS) is 10.6. The summed E-state index contributed by atoms with van der Waals surface area (Å²) in [7, 11) is 1.09. The van der Waals surface area contributed by atoms with Gasteiger partial charge in [-0.1, -0.05) is 0 Å². The maximum atomic E-state index is 12.9. The summed E-state index contributed by atoms with van der Waals surface area (Å²) in [6.07, 6.45) is -3.64. The first-order valence-electron chi connectivity index (χ1n) is 4.19. The summed E-state index contributed by atoms with van der Waals surface area (Å²) in [4.78, 5) is 13.6. The van der Waals surface area contributed by atoms with Crippen LogP contribution in [0.1, 0.15) is 17.7 Å². The number of ether oxygens (including phenoxy) is 1. The lowest BCUT2D eigenvalue weighted by Crippen LogP contribution is -2.08. The number of carbonyl (C=O) groups is 1. The van der Waals surface area contributed by atoms with E-state index in [1.165, 1.54) is 0 Å². The molecule has 0 unspecified atom stereocenters. The van der Waals surface area contributed by atoms with Gasteiger partial charge in [0.2, 0.25) is 5.95 Å². The number of halogens is 3. The largest absolute Gasteiger partial charge is 0.494 e. The first-order chi connectivity index (χ1) is 7.45. The average molecular weight is 235 g/mol. The third kappa shape index (κ3) is 2.62. The van der Waals surface area contributed by atoms with E-state index < -0.39 is 30.3 Å². The molecule has 7 heteroatoms. The van der Waals surface area contributed by atoms with E-state index >= 15 is 0 Å². The highest BCUT2D eigenvalue weighted by atomic mass is 19.3. The van der Waals surface area contributed by atoms with Gasteiger partial charge in [-0.15, -0.1) is 0 Å². The highest BCUT2D eigenvalue weighted by Gasteiger charge is 2.21. The summed E-state index contributed by atoms with van der Waals surface area (Å²) in [5.74, 6) is -2.86. The van der Waals surface area contributed by atoms with Crippen LogP contribution in [0.5, 0.6) is 5.75 Å². The molecule has 0 aliphatic heterocycles. The lowest BCUT2D eigenvalue weighted by Gasteiger charge is -2.11. The predicted molar refractivity (Wildman–Crippen MR) is 47.0 cm³/mol. The summed E-state index contributed by atoms with van der Waals surface area (Å²) in [5.41, 5.74) is -1.06. The number of nitrogens with zero attached hydrogens (tertiary/aromatic N) is 1. The number of aliphatic carboxylic acids is 1. The van der Waals surface area contributed by atoms with Crippen LogP contribution in [0.2, 0.25) is 0 Å². The number of carboxylic acids is 1. The summed E-state index contributed by atoms with van der Waals surface area (Å²) in [6.45, 7) is 0. The third-order valence-electron chi connectivity index (χ3n) is 1.80. The van der Waals surface area contributed by atoms with E-state index in [9.17, 15) is 18.0 Å². The molecule has 1 aromatic heterocycles. The molecule has 0 atom stereocenters. The fourth-order valence-corrected chi connectivity index (χ4v) is 1.23. The van der Waals surface area contributed by atoms with Gasteiger partial charge in [-0.25, -0.2) is 13.8 Å². The number of pyridine rings is 1. The molecular formula is C9H8F3NO3. The number of alkyl halides is 2. The summed E-state index contributed by atoms with van der Waals surface area (Å²) in [5, 5.41) is 8.50. The van der Waals surface area contributed by atoms with E-state index in [0.717, 1.165) is 7.11 Å². The molecule has 0 bridgehead atoms. The average Bonchev–Trinajstić information content (AvgIpc) is 2.15. The minimum Gasteiger partial charge on any atom is -0.494 e. The predicted octanol–water partition coefficient (Wildman–Crippen LogP) is 1.79. The second-order valence-corrected chi connectivity index (χ2v) is 2.89. The van der Waals surface area contributed by atoms with Gasteiger partial charge in [-0.05, 0) is 0 Å². The quantitative estimate of drug-likeness (QED) is 0.808. The van der Waals surface area contributed by atoms with Crippen LogP contribution < -0.4 is 4.74 Å². The van der Waals surface area contributed by atoms with E-state index in [0.29, 0.717) is 6.07 Å². The van der Waals surface area contributed by atoms with Crippen LogP contribution in [-0.4, -0.2) is 23.2 Å². The second kappa shape index (κ2) is 4.82. The minimum absolute atomic E-state index is 0.356. The number of aromatic nitrogens is 1. The van der Waals surface area contributed by atoms with Crippen LogP contribution in [0, 0.1) is 5.95 Å². The van der Waals surface area contributed by atoms with Crippen molar-refractivity contribution in [2.24, 2.45) is 0 Å². The number of methoxy groups -OCH3 is 1. The highest BCUT2D eigenvalue weighted by Crippen LogP contribution is 2.31. The number of hydrogen-bond donors (Lipinski definition) is 1. The molecule has 0 aliphatic carbocycles. The Balaban J connectivity index is 3.29. The van der Waals surface area contributed by atoms with E-state index in [4.69, 9.17) is 5.11 Å². The molecule has 1 rings (SSSR count). The smallest absolute Gasteiger partial charge is 0.309 e. The lowest BCUT2D eigenvalue weighted by molar-refractivity contribution is -0.136. The fraction of sp³-hybridized carbons (Fsp3) is 0.333. The molecule has 16 heavy (non-hydrogen) atoms. The molecule has 0 amide bonds. The van der Waals surface area contributed by atoms with Crippen molar-refractivity contribution >= 4 is 5.97 Å². The maximum absolute atomic E-state index is 12.9. The monoisotopic (exact) mass is 235 g/mol. The first-order valence-corrected chi connectivity index (χ1v) is 4.19. The van der Waals surface area contributed by atoms with Gasteiger partial charge >= 0.3 is 5.97 Å². The van der Waals surface area contributed by atoms with Crippen molar-refractivity contribution in [2.45, 2.75) is 12.8 Å². The Morgan fingerprint density at radius 3 is 2.69 bits per heavy atom. The Morgan fingerprint density at radius 1 is 1.62 bits per heavy atom. The van der Waals surface area contributed by atoms with Gasteiger partial charge in [0.1, 0.15) is 5.75 Å². The van der Waals surface area contributed by atoms with E-state index in [2.05, 4.69) is 9.72 Å². The summed E-state index contributed by atoms with van der Waals surface area (Å²) >= 11 is 0. The van der Waals surface area contributed by atoms with Crippen molar-refractivity contribution in [3.05, 3.63) is 23.3 Å². The van der Waals surface area contributed by atoms with Crippen LogP contribution in [-0.2, 0) is 11.2 Å². The standard InChI is InChI=1S/C9H8F3NO3/c1-16-8-4(9(11)12)2-6(10)13-5(8)3-7(14)15/h2,9H,3H2,1H3,(H,14,15). The van der Waals surface area contributed by atoms with Crippen molar-refractivity contribution in [3.63, 3.8) is 0 Å². The molecular weight excluding hydrogens is 227 g/mol. The molecule has 0 spiro atoms. The molecule has 0 radical (unpaired) electrons. The molecule has 88 valence electrons. The van der Waals surface area contributed by atoms with Crippen molar-refractivity contribution < 1.29 is 27.8 Å². The van der Waals surface area contributed by atoms with E-state index in [1.807, 2.05) is 0 Å². The topological polar surface area (TPSA) is 59.4 Å². The van der Waals surface area contributed by atoms with Crippen LogP contribution in [0.3, 0.4) is 0 Å². The second-order valence-electron chi connectivity index (χ2n) is 2.89. The molecule has 1 N–H and O–H groups in total. The van der Waals surface area contributed by atoms with Gasteiger partial charge in [-0.2, -0.15) is 4.39 Å². The molecule has 0 saturated carbocycles. The molecule has 0 saturated heterocycles. The van der Waals surface area contributed by atoms with Crippen molar-refractivity contribution in [1.82, 2.24) is 4.98 Å². The van der Waals surface area contributed by atoms with Gasteiger partial charge in [0.05, 0.1) is 24.8 Å². The highest BCUT2D eigenvalue weighted by molar-refractivity contribution is 5.70. The molecule has 4 nitrogen and oxygen atoms in total. The zero-order valence-corrected chi connectivity index (χ0v) is 8.21. The Hall–Kier alpha value is -1.79. The molecule has 1 aromatic rings. The zero-order valence-electron chi connectivity index (χ0n) is 8.21. The lowest BCUT2D eigenvalue weighted by atomic mass is 10.1. The number of hydrogen-bond acceptors (Lipinski definition) is 3. The van der Waals surface area contributed by atoms with E-state index in [-0.39, 0.29) is 11.4 Å². The molecule has 0 aromatic carbocycles. The number of carboxylic acid groups (broad SMARTS) is 1. The van der Waals surface area contributed by atoms with Crippen LogP contribution in [0.4, 0.5) is 13.2 Å². The number of rotatable bonds is 4. The van der Waals surface area contributed by atoms with Gasteiger partial charge < -0.3 is 9.84 Å². The Labute approximate surface area is 88.7 Å². The van der Waals surface area contributed by atoms with Crippen molar-refractivity contribution in [3.8, 4) is 5.75 Å². The Morgan fingerprint density at radius 2 is 2.25 bits per heavy atom. The molecule has 1 heterocycles. The maximum Gasteiger partial charge on any atom is 0.309 e. The van der Waals surface area contributed by atoms with Crippen molar-refractivity contribution in [2.75, 3.05) is 7.11 Å². The SMILES string of the molecule is COc1c(C(F)F)cc(F)nc1CC(=O)O. The Bertz CT molecular complexity index is 409. The van der Waals surface area contributed by atoms with Gasteiger partial charge in [-0.3, -0.25) is 4.79 Å². The minimum atomic E-state index is -2.96. The summed E-state index contributed by atoms with van der Waals surface area (Å²) in [6, 6.07) is 0.523. The van der Waals surface area contributed by atoms with Gasteiger partial charge in [0.25, 0.3) is 6.43 Å². The first kappa shape index (κ1) is 12.3. The summed E-state index contributed by atoms with van der Waals surface area (Å²) < 4.78 is 42.5. The van der Waals surface area contributed by atoms with Gasteiger partial charge in [0, 0.05) is 6.07 Å². The van der Waals surface area contributed by atoms with Crippen LogP contribution in [0.15, 0.2) is 6.07 Å². The Kier molecular flexibility index (Phi) is 3.70. The van der Waals surface area contributed by atoms with Crippen molar-refractivity contribution in [1.29, 1.82) is 0 Å². The zero-order chi connectivity index (χ0) is 12.3. The molecule has 0 aliphatic rings. The van der Waals surface area contributed by atoms with E-state index in [1.54, 1.807) is 0 Å². The van der Waals surface area contributed by atoms with Crippen LogP contribution >= 0.6 is 0 Å².